The molecule has 0 radical (unpaired) electrons. The molecule has 0 heterocycles. The average molecular weight is 241 g/mol. The van der Waals surface area contributed by atoms with Crippen LogP contribution in [0.3, 0.4) is 0 Å². The van der Waals surface area contributed by atoms with Gasteiger partial charge in [0, 0.05) is 5.54 Å². The summed E-state index contributed by atoms with van der Waals surface area (Å²) in [6, 6.07) is 0. The maximum absolute atomic E-state index is 6.61. The lowest BCUT2D eigenvalue weighted by molar-refractivity contribution is 0.0946. The van der Waals surface area contributed by atoms with Crippen molar-refractivity contribution in [3.63, 3.8) is 0 Å². The summed E-state index contributed by atoms with van der Waals surface area (Å²) < 4.78 is 0. The van der Waals surface area contributed by atoms with Gasteiger partial charge in [0.1, 0.15) is 0 Å². The Hall–Kier alpha value is -0.0400. The minimum absolute atomic E-state index is 0.0897. The van der Waals surface area contributed by atoms with Crippen molar-refractivity contribution in [1.29, 1.82) is 0 Å². The van der Waals surface area contributed by atoms with Crippen LogP contribution in [0.2, 0.25) is 0 Å². The molecule has 0 aromatic heterocycles. The van der Waals surface area contributed by atoms with Crippen molar-refractivity contribution in [3.8, 4) is 0 Å². The first-order chi connectivity index (χ1) is 7.16. The van der Waals surface area contributed by atoms with Gasteiger partial charge < -0.3 is 5.73 Å². The van der Waals surface area contributed by atoms with E-state index in [2.05, 4.69) is 62.3 Å². The highest BCUT2D eigenvalue weighted by molar-refractivity contribution is 4.96. The maximum Gasteiger partial charge on any atom is 0.0177 e. The summed E-state index contributed by atoms with van der Waals surface area (Å²) in [4.78, 5) is 0. The summed E-state index contributed by atoms with van der Waals surface area (Å²) in [5, 5.41) is 0. The Kier molecular flexibility index (Phi) is 4.90. The summed E-state index contributed by atoms with van der Waals surface area (Å²) in [5.41, 5.74) is 7.41. The average Bonchev–Trinajstić information content (AvgIpc) is 1.94. The molecule has 0 saturated carbocycles. The molecule has 0 amide bonds. The first-order valence-corrected chi connectivity index (χ1v) is 6.95. The smallest absolute Gasteiger partial charge is 0.0177 e. The van der Waals surface area contributed by atoms with Crippen molar-refractivity contribution in [2.75, 3.05) is 0 Å². The first kappa shape index (κ1) is 17.0. The molecule has 0 aliphatic rings. The molecule has 0 bridgehead atoms. The van der Waals surface area contributed by atoms with Crippen molar-refractivity contribution < 1.29 is 0 Å². The summed E-state index contributed by atoms with van der Waals surface area (Å²) in [6.07, 6.45) is 3.45. The minimum atomic E-state index is -0.0897. The van der Waals surface area contributed by atoms with E-state index in [1.54, 1.807) is 0 Å². The Morgan fingerprint density at radius 3 is 1.35 bits per heavy atom. The summed E-state index contributed by atoms with van der Waals surface area (Å²) in [6.45, 7) is 20.6. The Labute approximate surface area is 110 Å². The first-order valence-electron chi connectivity index (χ1n) is 6.95. The number of hydrogen-bond donors (Lipinski definition) is 1. The number of nitrogens with two attached hydrogens (primary N) is 1. The van der Waals surface area contributed by atoms with Gasteiger partial charge >= 0.3 is 0 Å². The van der Waals surface area contributed by atoms with Crippen LogP contribution in [-0.2, 0) is 0 Å². The van der Waals surface area contributed by atoms with Crippen molar-refractivity contribution in [2.45, 2.75) is 87.1 Å². The van der Waals surface area contributed by atoms with Gasteiger partial charge in [-0.1, -0.05) is 55.4 Å². The third kappa shape index (κ3) is 6.45. The zero-order chi connectivity index (χ0) is 14.1. The van der Waals surface area contributed by atoms with Gasteiger partial charge in [0.2, 0.25) is 0 Å². The fourth-order valence-corrected chi connectivity index (χ4v) is 2.50. The van der Waals surface area contributed by atoms with E-state index in [1.807, 2.05) is 0 Å². The minimum Gasteiger partial charge on any atom is -0.325 e. The predicted molar refractivity (Wildman–Crippen MR) is 79.1 cm³/mol. The molecule has 0 saturated heterocycles. The SMILES string of the molecule is CC(C)(C)CCC(C)(N)C(C)(C)CC(C)(C)C. The number of hydrogen-bond acceptors (Lipinski definition) is 1. The highest BCUT2D eigenvalue weighted by Crippen LogP contribution is 2.43. The molecule has 1 unspecified atom stereocenters. The van der Waals surface area contributed by atoms with Gasteiger partial charge in [-0.2, -0.15) is 0 Å². The van der Waals surface area contributed by atoms with Gasteiger partial charge in [0.25, 0.3) is 0 Å². The Morgan fingerprint density at radius 1 is 0.647 bits per heavy atom. The zero-order valence-electron chi connectivity index (χ0n) is 13.7. The van der Waals surface area contributed by atoms with E-state index in [1.165, 1.54) is 6.42 Å². The maximum atomic E-state index is 6.61. The van der Waals surface area contributed by atoms with Gasteiger partial charge in [-0.3, -0.25) is 0 Å². The monoisotopic (exact) mass is 241 g/mol. The molecule has 0 aromatic rings. The van der Waals surface area contributed by atoms with E-state index in [9.17, 15) is 0 Å². The van der Waals surface area contributed by atoms with E-state index in [0.29, 0.717) is 10.8 Å². The van der Waals surface area contributed by atoms with Crippen LogP contribution in [0.15, 0.2) is 0 Å². The molecular formula is C16H35N. The van der Waals surface area contributed by atoms with E-state index in [-0.39, 0.29) is 11.0 Å². The van der Waals surface area contributed by atoms with E-state index >= 15 is 0 Å². The van der Waals surface area contributed by atoms with Gasteiger partial charge in [0.15, 0.2) is 0 Å². The highest BCUT2D eigenvalue weighted by Gasteiger charge is 2.40. The molecule has 104 valence electrons. The van der Waals surface area contributed by atoms with Gasteiger partial charge in [0.05, 0.1) is 0 Å². The van der Waals surface area contributed by atoms with Crippen molar-refractivity contribution >= 4 is 0 Å². The molecule has 17 heavy (non-hydrogen) atoms. The van der Waals surface area contributed by atoms with E-state index < -0.39 is 0 Å². The molecule has 1 heteroatoms. The van der Waals surface area contributed by atoms with Crippen LogP contribution in [0.1, 0.15) is 81.6 Å². The molecule has 0 aliphatic carbocycles. The van der Waals surface area contributed by atoms with Crippen LogP contribution in [0.25, 0.3) is 0 Å². The van der Waals surface area contributed by atoms with Crippen LogP contribution >= 0.6 is 0 Å². The predicted octanol–water partition coefficient (Wildman–Crippen LogP) is 4.99. The zero-order valence-corrected chi connectivity index (χ0v) is 13.7. The molecule has 0 fully saturated rings. The van der Waals surface area contributed by atoms with Crippen LogP contribution in [-0.4, -0.2) is 5.54 Å². The second-order valence-corrected chi connectivity index (χ2v) is 9.10. The molecule has 0 rings (SSSR count). The lowest BCUT2D eigenvalue weighted by Gasteiger charge is -2.46. The second-order valence-electron chi connectivity index (χ2n) is 9.10. The Morgan fingerprint density at radius 2 is 1.06 bits per heavy atom. The largest absolute Gasteiger partial charge is 0.325 e. The van der Waals surface area contributed by atoms with E-state index in [4.69, 9.17) is 5.73 Å². The van der Waals surface area contributed by atoms with Crippen LogP contribution in [0.4, 0.5) is 0 Å². The summed E-state index contributed by atoms with van der Waals surface area (Å²) in [5.74, 6) is 0. The molecule has 0 aliphatic heterocycles. The molecule has 1 atom stereocenters. The van der Waals surface area contributed by atoms with Crippen LogP contribution in [0.5, 0.6) is 0 Å². The molecule has 1 nitrogen and oxygen atoms in total. The molecular weight excluding hydrogens is 206 g/mol. The van der Waals surface area contributed by atoms with Gasteiger partial charge in [-0.05, 0) is 42.4 Å². The lowest BCUT2D eigenvalue weighted by atomic mass is 9.63. The fourth-order valence-electron chi connectivity index (χ4n) is 2.50. The quantitative estimate of drug-likeness (QED) is 0.737. The van der Waals surface area contributed by atoms with Crippen LogP contribution < -0.4 is 5.73 Å². The van der Waals surface area contributed by atoms with Crippen LogP contribution in [0, 0.1) is 16.2 Å². The van der Waals surface area contributed by atoms with Gasteiger partial charge in [-0.25, -0.2) is 0 Å². The van der Waals surface area contributed by atoms with E-state index in [0.717, 1.165) is 12.8 Å². The van der Waals surface area contributed by atoms with Crippen molar-refractivity contribution in [2.24, 2.45) is 22.0 Å². The molecule has 0 aromatic carbocycles. The number of rotatable bonds is 4. The normalized spacial score (nSPS) is 18.0. The molecule has 0 spiro atoms. The Bertz CT molecular complexity index is 235. The summed E-state index contributed by atoms with van der Waals surface area (Å²) >= 11 is 0. The van der Waals surface area contributed by atoms with Crippen molar-refractivity contribution in [3.05, 3.63) is 0 Å². The standard InChI is InChI=1S/C16H35N/c1-13(2,3)10-11-16(9,17)15(7,8)12-14(4,5)6/h10-12,17H2,1-9H3. The molecule has 2 N–H and O–H groups in total. The Balaban J connectivity index is 4.67. The van der Waals surface area contributed by atoms with Crippen molar-refractivity contribution in [1.82, 2.24) is 0 Å². The summed E-state index contributed by atoms with van der Waals surface area (Å²) in [7, 11) is 0. The van der Waals surface area contributed by atoms with Gasteiger partial charge in [-0.15, -0.1) is 0 Å². The second kappa shape index (κ2) is 4.91. The third-order valence-electron chi connectivity index (χ3n) is 3.91. The topological polar surface area (TPSA) is 26.0 Å². The highest BCUT2D eigenvalue weighted by atomic mass is 14.8. The fraction of sp³-hybridized carbons (Fsp3) is 1.00. The third-order valence-corrected chi connectivity index (χ3v) is 3.91. The lowest BCUT2D eigenvalue weighted by Crippen LogP contribution is -2.51.